The summed E-state index contributed by atoms with van der Waals surface area (Å²) < 4.78 is 1.80. The van der Waals surface area contributed by atoms with Crippen LogP contribution in [0.3, 0.4) is 0 Å². The van der Waals surface area contributed by atoms with Crippen molar-refractivity contribution in [1.82, 2.24) is 14.9 Å². The molecule has 0 atom stereocenters. The number of H-pyrrole nitrogens is 1. The lowest BCUT2D eigenvalue weighted by Crippen LogP contribution is -2.27. The maximum atomic E-state index is 12.7. The standard InChI is InChI=1S/C22H21N3O2/c1-14-6-5-7-15(12-14)10-11-23-22(27)19-13-17-20(25(19)2)16-8-3-4-9-18(16)24-21(17)26/h3-9,12-13H,10-11H2,1-2H3,(H,23,27)(H,24,26). The van der Waals surface area contributed by atoms with Crippen molar-refractivity contribution in [2.75, 3.05) is 6.54 Å². The molecule has 0 aliphatic rings. The molecule has 2 aromatic heterocycles. The van der Waals surface area contributed by atoms with Crippen LogP contribution in [0.1, 0.15) is 21.6 Å². The van der Waals surface area contributed by atoms with Crippen molar-refractivity contribution in [3.8, 4) is 0 Å². The molecule has 0 saturated carbocycles. The fourth-order valence-electron chi connectivity index (χ4n) is 3.59. The monoisotopic (exact) mass is 359 g/mol. The average molecular weight is 359 g/mol. The number of pyridine rings is 1. The second-order valence-electron chi connectivity index (χ2n) is 6.85. The summed E-state index contributed by atoms with van der Waals surface area (Å²) in [6.07, 6.45) is 0.765. The number of nitrogens with zero attached hydrogens (tertiary/aromatic N) is 1. The summed E-state index contributed by atoms with van der Waals surface area (Å²) in [5.41, 5.74) is 4.24. The Morgan fingerprint density at radius 2 is 1.89 bits per heavy atom. The number of rotatable bonds is 4. The summed E-state index contributed by atoms with van der Waals surface area (Å²) in [7, 11) is 1.82. The fraction of sp³-hybridized carbons (Fsp3) is 0.182. The summed E-state index contributed by atoms with van der Waals surface area (Å²) in [4.78, 5) is 28.0. The van der Waals surface area contributed by atoms with Gasteiger partial charge in [0.25, 0.3) is 11.5 Å². The number of carbonyl (C=O) groups excluding carboxylic acids is 1. The minimum Gasteiger partial charge on any atom is -0.350 e. The van der Waals surface area contributed by atoms with Gasteiger partial charge >= 0.3 is 0 Å². The average Bonchev–Trinajstić information content (AvgIpc) is 3.00. The topological polar surface area (TPSA) is 66.9 Å². The predicted octanol–water partition coefficient (Wildman–Crippen LogP) is 3.30. The van der Waals surface area contributed by atoms with E-state index in [0.717, 1.165) is 22.8 Å². The highest BCUT2D eigenvalue weighted by Crippen LogP contribution is 2.23. The highest BCUT2D eigenvalue weighted by Gasteiger charge is 2.17. The first-order valence-corrected chi connectivity index (χ1v) is 8.99. The normalized spacial score (nSPS) is 11.2. The van der Waals surface area contributed by atoms with E-state index in [0.29, 0.717) is 17.6 Å². The van der Waals surface area contributed by atoms with E-state index in [1.165, 1.54) is 11.1 Å². The van der Waals surface area contributed by atoms with Crippen molar-refractivity contribution in [2.24, 2.45) is 7.05 Å². The van der Waals surface area contributed by atoms with Crippen molar-refractivity contribution in [3.63, 3.8) is 0 Å². The zero-order chi connectivity index (χ0) is 19.0. The Hall–Kier alpha value is -3.34. The number of nitrogens with one attached hydrogen (secondary N) is 2. The van der Waals surface area contributed by atoms with E-state index < -0.39 is 0 Å². The first-order valence-electron chi connectivity index (χ1n) is 8.99. The molecule has 0 radical (unpaired) electrons. The zero-order valence-corrected chi connectivity index (χ0v) is 15.4. The molecule has 5 heteroatoms. The van der Waals surface area contributed by atoms with Gasteiger partial charge in [-0.05, 0) is 31.0 Å². The summed E-state index contributed by atoms with van der Waals surface area (Å²) in [5.74, 6) is -0.176. The quantitative estimate of drug-likeness (QED) is 0.587. The molecule has 0 bridgehead atoms. The van der Waals surface area contributed by atoms with E-state index in [-0.39, 0.29) is 11.5 Å². The number of fused-ring (bicyclic) bond motifs is 3. The van der Waals surface area contributed by atoms with Crippen LogP contribution in [0.4, 0.5) is 0 Å². The minimum atomic E-state index is -0.182. The third kappa shape index (κ3) is 3.12. The van der Waals surface area contributed by atoms with Crippen LogP contribution in [0.2, 0.25) is 0 Å². The van der Waals surface area contributed by atoms with Crippen LogP contribution in [-0.4, -0.2) is 22.0 Å². The van der Waals surface area contributed by atoms with Gasteiger partial charge in [0.15, 0.2) is 0 Å². The molecule has 2 N–H and O–H groups in total. The largest absolute Gasteiger partial charge is 0.350 e. The SMILES string of the molecule is Cc1cccc(CCNC(=O)c2cc3c(=O)[nH]c4ccccc4c3n2C)c1. The maximum Gasteiger partial charge on any atom is 0.267 e. The lowest BCUT2D eigenvalue weighted by Gasteiger charge is -2.08. The molecule has 4 rings (SSSR count). The molecule has 0 aliphatic carbocycles. The second kappa shape index (κ2) is 6.76. The lowest BCUT2D eigenvalue weighted by molar-refractivity contribution is 0.0946. The van der Waals surface area contributed by atoms with Crippen molar-refractivity contribution in [1.29, 1.82) is 0 Å². The highest BCUT2D eigenvalue weighted by molar-refractivity contribution is 6.07. The zero-order valence-electron chi connectivity index (χ0n) is 15.4. The van der Waals surface area contributed by atoms with Crippen LogP contribution >= 0.6 is 0 Å². The molecule has 0 fully saturated rings. The van der Waals surface area contributed by atoms with E-state index in [4.69, 9.17) is 0 Å². The van der Waals surface area contributed by atoms with Gasteiger partial charge in [-0.15, -0.1) is 0 Å². The van der Waals surface area contributed by atoms with Crippen LogP contribution in [-0.2, 0) is 13.5 Å². The predicted molar refractivity (Wildman–Crippen MR) is 108 cm³/mol. The maximum absolute atomic E-state index is 12.7. The molecule has 0 spiro atoms. The second-order valence-corrected chi connectivity index (χ2v) is 6.85. The molecule has 136 valence electrons. The molecular weight excluding hydrogens is 338 g/mol. The van der Waals surface area contributed by atoms with Crippen molar-refractivity contribution in [2.45, 2.75) is 13.3 Å². The van der Waals surface area contributed by atoms with Crippen LogP contribution in [0.5, 0.6) is 0 Å². The summed E-state index contributed by atoms with van der Waals surface area (Å²) >= 11 is 0. The minimum absolute atomic E-state index is 0.176. The van der Waals surface area contributed by atoms with Gasteiger partial charge in [0.05, 0.1) is 16.4 Å². The van der Waals surface area contributed by atoms with Gasteiger partial charge in [-0.1, -0.05) is 48.0 Å². The molecule has 0 aliphatic heterocycles. The van der Waals surface area contributed by atoms with E-state index in [9.17, 15) is 9.59 Å². The van der Waals surface area contributed by atoms with Gasteiger partial charge in [-0.2, -0.15) is 0 Å². The van der Waals surface area contributed by atoms with Gasteiger partial charge < -0.3 is 14.9 Å². The molecule has 1 amide bonds. The number of aromatic nitrogens is 2. The van der Waals surface area contributed by atoms with Gasteiger partial charge in [-0.3, -0.25) is 9.59 Å². The molecule has 5 nitrogen and oxygen atoms in total. The third-order valence-corrected chi connectivity index (χ3v) is 4.92. The van der Waals surface area contributed by atoms with Crippen LogP contribution in [0.25, 0.3) is 21.8 Å². The Kier molecular flexibility index (Phi) is 4.28. The van der Waals surface area contributed by atoms with E-state index in [1.54, 1.807) is 10.6 Å². The van der Waals surface area contributed by atoms with Gasteiger partial charge in [0.1, 0.15) is 5.69 Å². The van der Waals surface area contributed by atoms with E-state index >= 15 is 0 Å². The van der Waals surface area contributed by atoms with Crippen molar-refractivity contribution >= 4 is 27.7 Å². The summed E-state index contributed by atoms with van der Waals surface area (Å²) in [6, 6.07) is 17.5. The Morgan fingerprint density at radius 3 is 2.70 bits per heavy atom. The van der Waals surface area contributed by atoms with E-state index in [1.807, 2.05) is 37.4 Å². The molecular formula is C22H21N3O2. The number of carbonyl (C=O) groups is 1. The van der Waals surface area contributed by atoms with Crippen molar-refractivity contribution in [3.05, 3.63) is 81.8 Å². The third-order valence-electron chi connectivity index (χ3n) is 4.92. The number of amides is 1. The van der Waals surface area contributed by atoms with E-state index in [2.05, 4.69) is 35.4 Å². The van der Waals surface area contributed by atoms with Crippen LogP contribution in [0, 0.1) is 6.92 Å². The number of benzene rings is 2. The Balaban J connectivity index is 1.62. The van der Waals surface area contributed by atoms with Crippen molar-refractivity contribution < 1.29 is 4.79 Å². The Labute approximate surface area is 156 Å². The van der Waals surface area contributed by atoms with Gasteiger partial charge in [-0.25, -0.2) is 0 Å². The van der Waals surface area contributed by atoms with Crippen LogP contribution in [0.15, 0.2) is 59.4 Å². The molecule has 2 heterocycles. The first kappa shape index (κ1) is 17.1. The lowest BCUT2D eigenvalue weighted by atomic mass is 10.1. The smallest absolute Gasteiger partial charge is 0.267 e. The number of hydrogen-bond donors (Lipinski definition) is 2. The Bertz CT molecular complexity index is 1220. The highest BCUT2D eigenvalue weighted by atomic mass is 16.2. The first-order chi connectivity index (χ1) is 13.0. The molecule has 27 heavy (non-hydrogen) atoms. The molecule has 4 aromatic rings. The summed E-state index contributed by atoms with van der Waals surface area (Å²) in [6.45, 7) is 2.60. The molecule has 2 aromatic carbocycles. The number of para-hydroxylation sites is 1. The van der Waals surface area contributed by atoms with Gasteiger partial charge in [0, 0.05) is 19.0 Å². The molecule has 0 unspecified atom stereocenters. The number of aromatic amines is 1. The molecule has 0 saturated heterocycles. The van der Waals surface area contributed by atoms with Gasteiger partial charge in [0.2, 0.25) is 0 Å². The number of aryl methyl sites for hydroxylation is 2. The summed E-state index contributed by atoms with van der Waals surface area (Å²) in [5, 5.41) is 4.42. The number of hydrogen-bond acceptors (Lipinski definition) is 2. The van der Waals surface area contributed by atoms with Crippen LogP contribution < -0.4 is 10.9 Å². The fourth-order valence-corrected chi connectivity index (χ4v) is 3.59. The Morgan fingerprint density at radius 1 is 1.07 bits per heavy atom.